The Labute approximate surface area is 125 Å². The molecule has 2 rings (SSSR count). The van der Waals surface area contributed by atoms with Gasteiger partial charge in [-0.05, 0) is 48.4 Å². The number of rotatable bonds is 6. The molecule has 1 N–H and O–H groups in total. The van der Waals surface area contributed by atoms with Gasteiger partial charge >= 0.3 is 0 Å². The summed E-state index contributed by atoms with van der Waals surface area (Å²) in [6.45, 7) is 2.12. The zero-order valence-electron chi connectivity index (χ0n) is 12.3. The van der Waals surface area contributed by atoms with Gasteiger partial charge in [0.25, 0.3) is 0 Å². The summed E-state index contributed by atoms with van der Waals surface area (Å²) in [5.41, 5.74) is 2.89. The fourth-order valence-corrected chi connectivity index (χ4v) is 1.90. The summed E-state index contributed by atoms with van der Waals surface area (Å²) >= 11 is 0. The summed E-state index contributed by atoms with van der Waals surface area (Å²) in [6, 6.07) is 15.2. The Morgan fingerprint density at radius 3 is 2.33 bits per heavy atom. The van der Waals surface area contributed by atoms with Crippen LogP contribution >= 0.6 is 0 Å². The van der Waals surface area contributed by atoms with Crippen LogP contribution in [0, 0.1) is 0 Å². The predicted octanol–water partition coefficient (Wildman–Crippen LogP) is 4.07. The van der Waals surface area contributed by atoms with Gasteiger partial charge in [0.1, 0.15) is 5.75 Å². The van der Waals surface area contributed by atoms with Crippen molar-refractivity contribution < 1.29 is 9.53 Å². The smallest absolute Gasteiger partial charge is 0.187 e. The van der Waals surface area contributed by atoms with Crippen molar-refractivity contribution in [1.29, 1.82) is 0 Å². The highest BCUT2D eigenvalue weighted by Crippen LogP contribution is 2.13. The molecule has 0 bridgehead atoms. The minimum absolute atomic E-state index is 0.0460. The van der Waals surface area contributed by atoms with Gasteiger partial charge < -0.3 is 10.1 Å². The summed E-state index contributed by atoms with van der Waals surface area (Å²) < 4.78 is 5.07. The van der Waals surface area contributed by atoms with E-state index in [1.54, 1.807) is 37.6 Å². The maximum absolute atomic E-state index is 12.0. The third-order valence-corrected chi connectivity index (χ3v) is 3.22. The number of allylic oxidation sites excluding steroid dienone is 1. The van der Waals surface area contributed by atoms with Crippen molar-refractivity contribution in [2.24, 2.45) is 0 Å². The van der Waals surface area contributed by atoms with Crippen LogP contribution in [0.25, 0.3) is 0 Å². The zero-order valence-corrected chi connectivity index (χ0v) is 12.3. The molecule has 2 aromatic carbocycles. The monoisotopic (exact) mass is 281 g/mol. The average Bonchev–Trinajstić information content (AvgIpc) is 2.55. The second-order valence-corrected chi connectivity index (χ2v) is 4.62. The van der Waals surface area contributed by atoms with Gasteiger partial charge in [0.2, 0.25) is 0 Å². The standard InChI is InChI=1S/C18H19NO2/c1-3-14-4-8-16(9-5-14)19-13-12-18(20)15-6-10-17(21-2)11-7-15/h4-13,19H,3H2,1-2H3. The number of ether oxygens (including phenoxy) is 1. The van der Waals surface area contributed by atoms with E-state index in [0.717, 1.165) is 17.9 Å². The Bertz CT molecular complexity index is 613. The van der Waals surface area contributed by atoms with E-state index in [0.29, 0.717) is 5.56 Å². The topological polar surface area (TPSA) is 38.3 Å². The number of methoxy groups -OCH3 is 1. The second kappa shape index (κ2) is 7.29. The molecule has 0 aliphatic carbocycles. The molecule has 0 saturated heterocycles. The lowest BCUT2D eigenvalue weighted by molar-refractivity contribution is 0.104. The maximum atomic E-state index is 12.0. The number of nitrogens with one attached hydrogen (secondary N) is 1. The Hall–Kier alpha value is -2.55. The molecule has 0 radical (unpaired) electrons. The number of aryl methyl sites for hydroxylation is 1. The first-order chi connectivity index (χ1) is 10.2. The normalized spacial score (nSPS) is 10.6. The van der Waals surface area contributed by atoms with Crippen molar-refractivity contribution in [2.75, 3.05) is 12.4 Å². The Kier molecular flexibility index (Phi) is 5.16. The molecule has 108 valence electrons. The highest BCUT2D eigenvalue weighted by atomic mass is 16.5. The van der Waals surface area contributed by atoms with Crippen molar-refractivity contribution in [3.63, 3.8) is 0 Å². The average molecular weight is 281 g/mol. The van der Waals surface area contributed by atoms with E-state index >= 15 is 0 Å². The zero-order chi connectivity index (χ0) is 15.1. The molecular formula is C18H19NO2. The van der Waals surface area contributed by atoms with Gasteiger partial charge in [-0.2, -0.15) is 0 Å². The fraction of sp³-hybridized carbons (Fsp3) is 0.167. The number of hydrogen-bond donors (Lipinski definition) is 1. The van der Waals surface area contributed by atoms with E-state index in [-0.39, 0.29) is 5.78 Å². The lowest BCUT2D eigenvalue weighted by Crippen LogP contribution is -1.96. The van der Waals surface area contributed by atoms with Crippen LogP contribution in [0.1, 0.15) is 22.8 Å². The molecule has 0 unspecified atom stereocenters. The first-order valence-electron chi connectivity index (χ1n) is 6.93. The number of anilines is 1. The van der Waals surface area contributed by atoms with Gasteiger partial charge in [-0.3, -0.25) is 4.79 Å². The van der Waals surface area contributed by atoms with E-state index in [1.807, 2.05) is 12.1 Å². The lowest BCUT2D eigenvalue weighted by atomic mass is 10.1. The van der Waals surface area contributed by atoms with E-state index in [2.05, 4.69) is 24.4 Å². The molecule has 0 fully saturated rings. The van der Waals surface area contributed by atoms with Gasteiger partial charge in [-0.25, -0.2) is 0 Å². The summed E-state index contributed by atoms with van der Waals surface area (Å²) in [5.74, 6) is 0.694. The van der Waals surface area contributed by atoms with Crippen LogP contribution < -0.4 is 10.1 Å². The summed E-state index contributed by atoms with van der Waals surface area (Å²) in [6.07, 6.45) is 4.20. The molecule has 3 nitrogen and oxygen atoms in total. The summed E-state index contributed by atoms with van der Waals surface area (Å²) in [5, 5.41) is 3.09. The van der Waals surface area contributed by atoms with Crippen LogP contribution in [0.2, 0.25) is 0 Å². The maximum Gasteiger partial charge on any atom is 0.187 e. The number of carbonyl (C=O) groups is 1. The second-order valence-electron chi connectivity index (χ2n) is 4.62. The molecule has 0 saturated carbocycles. The Balaban J connectivity index is 1.94. The largest absolute Gasteiger partial charge is 0.497 e. The number of benzene rings is 2. The molecule has 0 amide bonds. The van der Waals surface area contributed by atoms with Crippen LogP contribution in [0.15, 0.2) is 60.8 Å². The van der Waals surface area contributed by atoms with E-state index < -0.39 is 0 Å². The van der Waals surface area contributed by atoms with Crippen LogP contribution in [0.4, 0.5) is 5.69 Å². The van der Waals surface area contributed by atoms with Crippen molar-refractivity contribution in [3.05, 3.63) is 71.9 Å². The number of hydrogen-bond acceptors (Lipinski definition) is 3. The number of carbonyl (C=O) groups excluding carboxylic acids is 1. The Morgan fingerprint density at radius 2 is 1.76 bits per heavy atom. The highest BCUT2D eigenvalue weighted by molar-refractivity contribution is 6.04. The SMILES string of the molecule is CCc1ccc(NC=CC(=O)c2ccc(OC)cc2)cc1. The van der Waals surface area contributed by atoms with Crippen molar-refractivity contribution in [3.8, 4) is 5.75 Å². The fourth-order valence-electron chi connectivity index (χ4n) is 1.90. The van der Waals surface area contributed by atoms with Crippen LogP contribution in [0.5, 0.6) is 5.75 Å². The molecule has 0 aliphatic rings. The third-order valence-electron chi connectivity index (χ3n) is 3.22. The summed E-state index contributed by atoms with van der Waals surface area (Å²) in [4.78, 5) is 12.0. The molecule has 0 aliphatic heterocycles. The quantitative estimate of drug-likeness (QED) is 0.641. The number of ketones is 1. The van der Waals surface area contributed by atoms with Crippen LogP contribution in [-0.4, -0.2) is 12.9 Å². The van der Waals surface area contributed by atoms with Crippen LogP contribution in [-0.2, 0) is 6.42 Å². The first-order valence-corrected chi connectivity index (χ1v) is 6.93. The van der Waals surface area contributed by atoms with E-state index in [4.69, 9.17) is 4.74 Å². The molecule has 0 atom stereocenters. The van der Waals surface area contributed by atoms with E-state index in [1.165, 1.54) is 11.6 Å². The third kappa shape index (κ3) is 4.21. The van der Waals surface area contributed by atoms with Gasteiger partial charge in [-0.15, -0.1) is 0 Å². The minimum atomic E-state index is -0.0460. The van der Waals surface area contributed by atoms with Crippen molar-refractivity contribution in [1.82, 2.24) is 0 Å². The van der Waals surface area contributed by atoms with Crippen molar-refractivity contribution in [2.45, 2.75) is 13.3 Å². The molecule has 2 aromatic rings. The molecule has 3 heteroatoms. The highest BCUT2D eigenvalue weighted by Gasteiger charge is 2.01. The van der Waals surface area contributed by atoms with Crippen LogP contribution in [0.3, 0.4) is 0 Å². The van der Waals surface area contributed by atoms with Gasteiger partial charge in [0, 0.05) is 23.5 Å². The summed E-state index contributed by atoms with van der Waals surface area (Å²) in [7, 11) is 1.60. The molecule has 0 aromatic heterocycles. The molecule has 0 heterocycles. The molecular weight excluding hydrogens is 262 g/mol. The van der Waals surface area contributed by atoms with Gasteiger partial charge in [0.05, 0.1) is 7.11 Å². The first kappa shape index (κ1) is 14.9. The Morgan fingerprint density at radius 1 is 1.10 bits per heavy atom. The van der Waals surface area contributed by atoms with Gasteiger partial charge in [0.15, 0.2) is 5.78 Å². The molecule has 21 heavy (non-hydrogen) atoms. The lowest BCUT2D eigenvalue weighted by Gasteiger charge is -2.02. The van der Waals surface area contributed by atoms with Crippen molar-refractivity contribution >= 4 is 11.5 Å². The minimum Gasteiger partial charge on any atom is -0.497 e. The molecule has 0 spiro atoms. The van der Waals surface area contributed by atoms with E-state index in [9.17, 15) is 4.79 Å². The van der Waals surface area contributed by atoms with Gasteiger partial charge in [-0.1, -0.05) is 19.1 Å². The predicted molar refractivity (Wildman–Crippen MR) is 85.9 cm³/mol.